The van der Waals surface area contributed by atoms with Crippen LogP contribution in [0.4, 0.5) is 0 Å². The van der Waals surface area contributed by atoms with Gasteiger partial charge in [0.15, 0.2) is 5.78 Å². The minimum atomic E-state index is -0.0260. The second kappa shape index (κ2) is 4.91. The van der Waals surface area contributed by atoms with Crippen molar-refractivity contribution in [3.63, 3.8) is 0 Å². The summed E-state index contributed by atoms with van der Waals surface area (Å²) in [5.41, 5.74) is 2.87. The Morgan fingerprint density at radius 1 is 1.29 bits per heavy atom. The zero-order valence-electron chi connectivity index (χ0n) is 11.7. The van der Waals surface area contributed by atoms with Gasteiger partial charge in [0.25, 0.3) is 0 Å². The minimum absolute atomic E-state index is 0.0260. The number of ether oxygens (including phenoxy) is 1. The van der Waals surface area contributed by atoms with Gasteiger partial charge in [-0.05, 0) is 30.0 Å². The molecule has 0 spiro atoms. The average Bonchev–Trinajstić information content (AvgIpc) is 2.25. The Balaban J connectivity index is 3.43. The van der Waals surface area contributed by atoms with Gasteiger partial charge in [-0.3, -0.25) is 4.79 Å². The van der Waals surface area contributed by atoms with Crippen LogP contribution in [0.15, 0.2) is 12.1 Å². The van der Waals surface area contributed by atoms with Crippen LogP contribution in [-0.4, -0.2) is 12.9 Å². The Morgan fingerprint density at radius 3 is 2.29 bits per heavy atom. The van der Waals surface area contributed by atoms with Crippen molar-refractivity contribution in [3.8, 4) is 5.75 Å². The quantitative estimate of drug-likeness (QED) is 0.741. The molecular formula is C15H22O2. The molecule has 0 aliphatic rings. The third kappa shape index (κ3) is 2.87. The second-order valence-corrected chi connectivity index (χ2v) is 5.39. The first-order chi connectivity index (χ1) is 7.81. The molecule has 0 saturated carbocycles. The highest BCUT2D eigenvalue weighted by molar-refractivity contribution is 5.97. The molecule has 0 radical (unpaired) electrons. The smallest absolute Gasteiger partial charge is 0.162 e. The maximum Gasteiger partial charge on any atom is 0.162 e. The van der Waals surface area contributed by atoms with E-state index in [0.717, 1.165) is 22.4 Å². The van der Waals surface area contributed by atoms with Crippen LogP contribution in [0.1, 0.15) is 55.6 Å². The van der Waals surface area contributed by atoms with Crippen LogP contribution in [0.25, 0.3) is 0 Å². The first kappa shape index (κ1) is 13.8. The predicted molar refractivity (Wildman–Crippen MR) is 71.1 cm³/mol. The van der Waals surface area contributed by atoms with Gasteiger partial charge in [-0.15, -0.1) is 0 Å². The van der Waals surface area contributed by atoms with Crippen LogP contribution in [-0.2, 0) is 5.41 Å². The second-order valence-electron chi connectivity index (χ2n) is 5.39. The molecule has 0 heterocycles. The van der Waals surface area contributed by atoms with E-state index in [1.165, 1.54) is 0 Å². The fraction of sp³-hybridized carbons (Fsp3) is 0.533. The molecule has 1 rings (SSSR count). The molecule has 0 fully saturated rings. The molecule has 0 saturated heterocycles. The van der Waals surface area contributed by atoms with Gasteiger partial charge in [0.05, 0.1) is 7.11 Å². The summed E-state index contributed by atoms with van der Waals surface area (Å²) in [6.07, 6.45) is 0.538. The summed E-state index contributed by atoms with van der Waals surface area (Å²) in [6.45, 7) is 10.2. The largest absolute Gasteiger partial charge is 0.496 e. The van der Waals surface area contributed by atoms with Crippen LogP contribution in [0.3, 0.4) is 0 Å². The van der Waals surface area contributed by atoms with E-state index in [2.05, 4.69) is 20.8 Å². The number of hydrogen-bond donors (Lipinski definition) is 0. The maximum absolute atomic E-state index is 11.9. The van der Waals surface area contributed by atoms with Gasteiger partial charge in [0, 0.05) is 17.5 Å². The van der Waals surface area contributed by atoms with Crippen LogP contribution in [0.2, 0.25) is 0 Å². The third-order valence-corrected chi connectivity index (χ3v) is 2.98. The lowest BCUT2D eigenvalue weighted by Crippen LogP contribution is -2.15. The van der Waals surface area contributed by atoms with Gasteiger partial charge in [-0.2, -0.15) is 0 Å². The highest BCUT2D eigenvalue weighted by atomic mass is 16.5. The molecule has 0 aliphatic carbocycles. The van der Waals surface area contributed by atoms with Crippen molar-refractivity contribution in [1.82, 2.24) is 0 Å². The van der Waals surface area contributed by atoms with E-state index in [9.17, 15) is 4.79 Å². The molecule has 0 amide bonds. The number of ketones is 1. The molecule has 2 heteroatoms. The van der Waals surface area contributed by atoms with Crippen LogP contribution in [0, 0.1) is 6.92 Å². The topological polar surface area (TPSA) is 26.3 Å². The molecule has 0 aromatic heterocycles. The van der Waals surface area contributed by atoms with Gasteiger partial charge in [0.1, 0.15) is 5.75 Å². The Hall–Kier alpha value is -1.31. The summed E-state index contributed by atoms with van der Waals surface area (Å²) in [5, 5.41) is 0. The van der Waals surface area contributed by atoms with Gasteiger partial charge >= 0.3 is 0 Å². The van der Waals surface area contributed by atoms with Crippen molar-refractivity contribution >= 4 is 5.78 Å². The fourth-order valence-corrected chi connectivity index (χ4v) is 1.93. The first-order valence-electron chi connectivity index (χ1n) is 6.03. The molecule has 0 bridgehead atoms. The van der Waals surface area contributed by atoms with E-state index in [1.807, 2.05) is 26.0 Å². The Labute approximate surface area is 104 Å². The lowest BCUT2D eigenvalue weighted by Gasteiger charge is -2.23. The van der Waals surface area contributed by atoms with Gasteiger partial charge in [0.2, 0.25) is 0 Å². The monoisotopic (exact) mass is 234 g/mol. The van der Waals surface area contributed by atoms with E-state index in [0.29, 0.717) is 6.42 Å². The minimum Gasteiger partial charge on any atom is -0.496 e. The summed E-state index contributed by atoms with van der Waals surface area (Å²) in [4.78, 5) is 11.9. The number of methoxy groups -OCH3 is 1. The molecule has 1 aromatic carbocycles. The number of Topliss-reactive ketones (excluding diaryl/α,β-unsaturated/α-hetero) is 1. The van der Waals surface area contributed by atoms with E-state index >= 15 is 0 Å². The molecule has 0 N–H and O–H groups in total. The number of hydrogen-bond acceptors (Lipinski definition) is 2. The number of carbonyl (C=O) groups excluding carboxylic acids is 1. The molecule has 0 unspecified atom stereocenters. The highest BCUT2D eigenvalue weighted by Crippen LogP contribution is 2.33. The van der Waals surface area contributed by atoms with Crippen molar-refractivity contribution in [1.29, 1.82) is 0 Å². The maximum atomic E-state index is 11.9. The van der Waals surface area contributed by atoms with Crippen LogP contribution >= 0.6 is 0 Å². The lowest BCUT2D eigenvalue weighted by molar-refractivity contribution is 0.0987. The SMILES string of the molecule is CCC(=O)c1cc(C(C)(C)C)c(OC)cc1C. The predicted octanol–water partition coefficient (Wildman–Crippen LogP) is 3.89. The molecule has 94 valence electrons. The van der Waals surface area contributed by atoms with Crippen molar-refractivity contribution in [2.45, 2.75) is 46.5 Å². The summed E-state index contributed by atoms with van der Waals surface area (Å²) in [5.74, 6) is 1.05. The first-order valence-corrected chi connectivity index (χ1v) is 6.03. The molecule has 0 aliphatic heterocycles. The fourth-order valence-electron chi connectivity index (χ4n) is 1.93. The third-order valence-electron chi connectivity index (χ3n) is 2.98. The van der Waals surface area contributed by atoms with E-state index < -0.39 is 0 Å². The number of carbonyl (C=O) groups is 1. The van der Waals surface area contributed by atoms with E-state index in [1.54, 1.807) is 7.11 Å². The number of aryl methyl sites for hydroxylation is 1. The van der Waals surface area contributed by atoms with Crippen molar-refractivity contribution in [3.05, 3.63) is 28.8 Å². The normalized spacial score (nSPS) is 11.4. The molecule has 2 nitrogen and oxygen atoms in total. The summed E-state index contributed by atoms with van der Waals surface area (Å²) in [6, 6.07) is 3.95. The number of benzene rings is 1. The van der Waals surface area contributed by atoms with Crippen molar-refractivity contribution < 1.29 is 9.53 Å². The summed E-state index contributed by atoms with van der Waals surface area (Å²) >= 11 is 0. The zero-order chi connectivity index (χ0) is 13.2. The van der Waals surface area contributed by atoms with Crippen molar-refractivity contribution in [2.24, 2.45) is 0 Å². The molecule has 0 atom stereocenters. The van der Waals surface area contributed by atoms with Gasteiger partial charge < -0.3 is 4.74 Å². The average molecular weight is 234 g/mol. The van der Waals surface area contributed by atoms with Crippen molar-refractivity contribution in [2.75, 3.05) is 7.11 Å². The lowest BCUT2D eigenvalue weighted by atomic mass is 9.83. The zero-order valence-corrected chi connectivity index (χ0v) is 11.7. The van der Waals surface area contributed by atoms with E-state index in [-0.39, 0.29) is 11.2 Å². The summed E-state index contributed by atoms with van der Waals surface area (Å²) in [7, 11) is 1.67. The number of rotatable bonds is 3. The Morgan fingerprint density at radius 2 is 1.88 bits per heavy atom. The van der Waals surface area contributed by atoms with Crippen LogP contribution in [0.5, 0.6) is 5.75 Å². The van der Waals surface area contributed by atoms with E-state index in [4.69, 9.17) is 4.74 Å². The Bertz CT molecular complexity index is 425. The van der Waals surface area contributed by atoms with Gasteiger partial charge in [-0.1, -0.05) is 27.7 Å². The Kier molecular flexibility index (Phi) is 3.97. The molecular weight excluding hydrogens is 212 g/mol. The standard InChI is InChI=1S/C15H22O2/c1-7-13(16)11-9-12(15(3,4)5)14(17-6)8-10(11)2/h8-9H,7H2,1-6H3. The molecule has 1 aromatic rings. The highest BCUT2D eigenvalue weighted by Gasteiger charge is 2.21. The molecule has 17 heavy (non-hydrogen) atoms. The summed E-state index contributed by atoms with van der Waals surface area (Å²) < 4.78 is 5.41. The van der Waals surface area contributed by atoms with Crippen LogP contribution < -0.4 is 4.74 Å². The van der Waals surface area contributed by atoms with Gasteiger partial charge in [-0.25, -0.2) is 0 Å².